The van der Waals surface area contributed by atoms with E-state index in [0.29, 0.717) is 17.3 Å². The van der Waals surface area contributed by atoms with Crippen LogP contribution < -0.4 is 14.8 Å². The van der Waals surface area contributed by atoms with E-state index in [4.69, 9.17) is 4.74 Å². The topological polar surface area (TPSA) is 102 Å². The van der Waals surface area contributed by atoms with Gasteiger partial charge in [-0.05, 0) is 38.1 Å². The fourth-order valence-corrected chi connectivity index (χ4v) is 2.91. The third kappa shape index (κ3) is 5.58. The first-order chi connectivity index (χ1) is 11.2. The van der Waals surface area contributed by atoms with Gasteiger partial charge in [0.2, 0.25) is 15.9 Å². The van der Waals surface area contributed by atoms with Gasteiger partial charge in [0.1, 0.15) is 11.5 Å². The van der Waals surface area contributed by atoms with E-state index < -0.39 is 21.7 Å². The highest BCUT2D eigenvalue weighted by Gasteiger charge is 2.17. The van der Waals surface area contributed by atoms with Crippen LogP contribution in [0.5, 0.6) is 5.75 Å². The molecule has 130 valence electrons. The van der Waals surface area contributed by atoms with E-state index in [1.807, 2.05) is 13.8 Å². The number of carbonyl (C=O) groups excluding carboxylic acids is 1. The summed E-state index contributed by atoms with van der Waals surface area (Å²) in [6.45, 7) is 3.80. The van der Waals surface area contributed by atoms with Crippen molar-refractivity contribution in [2.45, 2.75) is 20.0 Å². The fraction of sp³-hybridized carbons (Fsp3) is 0.333. The molecule has 1 heterocycles. The minimum Gasteiger partial charge on any atom is -0.491 e. The second-order valence-electron chi connectivity index (χ2n) is 5.47. The number of hydrogen-bond acceptors (Lipinski definition) is 5. The highest BCUT2D eigenvalue weighted by atomic mass is 32.2. The molecule has 1 aromatic heterocycles. The summed E-state index contributed by atoms with van der Waals surface area (Å²) in [5.41, 5.74) is 0.358. The Kier molecular flexibility index (Phi) is 5.45. The van der Waals surface area contributed by atoms with Crippen LogP contribution in [0.1, 0.15) is 13.8 Å². The van der Waals surface area contributed by atoms with Gasteiger partial charge in [-0.3, -0.25) is 14.2 Å². The first-order valence-electron chi connectivity index (χ1n) is 7.30. The summed E-state index contributed by atoms with van der Waals surface area (Å²) in [5, 5.41) is 6.38. The van der Waals surface area contributed by atoms with Crippen molar-refractivity contribution in [2.24, 2.45) is 7.05 Å². The van der Waals surface area contributed by atoms with Gasteiger partial charge >= 0.3 is 0 Å². The lowest BCUT2D eigenvalue weighted by atomic mass is 10.3. The number of benzene rings is 1. The minimum absolute atomic E-state index is 0.0304. The van der Waals surface area contributed by atoms with Crippen LogP contribution in [0.4, 0.5) is 11.5 Å². The molecular weight excluding hydrogens is 332 g/mol. The van der Waals surface area contributed by atoms with Crippen LogP contribution in [-0.4, -0.2) is 36.0 Å². The number of sulfonamides is 1. The van der Waals surface area contributed by atoms with Gasteiger partial charge in [-0.15, -0.1) is 0 Å². The molecular formula is C15H20N4O4S. The Labute approximate surface area is 140 Å². The summed E-state index contributed by atoms with van der Waals surface area (Å²) in [6.07, 6.45) is 1.67. The lowest BCUT2D eigenvalue weighted by molar-refractivity contribution is -0.113. The molecule has 9 heteroatoms. The van der Waals surface area contributed by atoms with Crippen molar-refractivity contribution in [3.05, 3.63) is 36.5 Å². The summed E-state index contributed by atoms with van der Waals surface area (Å²) < 4.78 is 33.4. The van der Waals surface area contributed by atoms with E-state index in [1.54, 1.807) is 43.6 Å². The maximum absolute atomic E-state index is 12.0. The number of hydrogen-bond donors (Lipinski definition) is 2. The van der Waals surface area contributed by atoms with E-state index in [0.717, 1.165) is 0 Å². The van der Waals surface area contributed by atoms with Crippen LogP contribution >= 0.6 is 0 Å². The number of aromatic nitrogens is 2. The number of ether oxygens (including phenoxy) is 1. The molecule has 0 aliphatic heterocycles. The van der Waals surface area contributed by atoms with Crippen LogP contribution in [0.2, 0.25) is 0 Å². The van der Waals surface area contributed by atoms with Crippen LogP contribution in [-0.2, 0) is 21.9 Å². The Bertz CT molecular complexity index is 797. The van der Waals surface area contributed by atoms with E-state index in [9.17, 15) is 13.2 Å². The summed E-state index contributed by atoms with van der Waals surface area (Å²) in [6, 6.07) is 8.04. The normalized spacial score (nSPS) is 11.3. The molecule has 8 nitrogen and oxygen atoms in total. The van der Waals surface area contributed by atoms with E-state index in [2.05, 4.69) is 15.1 Å². The van der Waals surface area contributed by atoms with Crippen molar-refractivity contribution in [3.8, 4) is 5.75 Å². The van der Waals surface area contributed by atoms with Crippen molar-refractivity contribution in [3.63, 3.8) is 0 Å². The molecule has 0 saturated carbocycles. The third-order valence-corrected chi connectivity index (χ3v) is 3.99. The molecule has 0 radical (unpaired) electrons. The van der Waals surface area contributed by atoms with Gasteiger partial charge in [-0.1, -0.05) is 0 Å². The van der Waals surface area contributed by atoms with Crippen LogP contribution in [0.3, 0.4) is 0 Å². The lowest BCUT2D eigenvalue weighted by Crippen LogP contribution is -2.27. The largest absolute Gasteiger partial charge is 0.491 e. The SMILES string of the molecule is CC(C)Oc1ccc(NS(=O)(=O)CC(=O)Nc2ccn(C)n2)cc1. The third-order valence-electron chi connectivity index (χ3n) is 2.80. The molecule has 0 aliphatic carbocycles. The first kappa shape index (κ1) is 17.8. The molecule has 0 atom stereocenters. The average Bonchev–Trinajstić information content (AvgIpc) is 2.84. The molecule has 24 heavy (non-hydrogen) atoms. The predicted molar refractivity (Wildman–Crippen MR) is 91.5 cm³/mol. The minimum atomic E-state index is -3.82. The van der Waals surface area contributed by atoms with Gasteiger partial charge in [0.25, 0.3) is 0 Å². The van der Waals surface area contributed by atoms with Crippen molar-refractivity contribution >= 4 is 27.4 Å². The molecule has 1 aromatic carbocycles. The second kappa shape index (κ2) is 7.35. The van der Waals surface area contributed by atoms with E-state index in [-0.39, 0.29) is 6.10 Å². The molecule has 0 unspecified atom stereocenters. The summed E-state index contributed by atoms with van der Waals surface area (Å²) in [4.78, 5) is 11.8. The van der Waals surface area contributed by atoms with Crippen molar-refractivity contribution in [1.29, 1.82) is 0 Å². The zero-order valence-electron chi connectivity index (χ0n) is 13.7. The maximum Gasteiger partial charge on any atom is 0.242 e. The second-order valence-corrected chi connectivity index (χ2v) is 7.20. The van der Waals surface area contributed by atoms with Crippen LogP contribution in [0.15, 0.2) is 36.5 Å². The molecule has 2 rings (SSSR count). The van der Waals surface area contributed by atoms with Gasteiger partial charge in [-0.25, -0.2) is 8.42 Å². The van der Waals surface area contributed by atoms with Gasteiger partial charge in [-0.2, -0.15) is 5.10 Å². The number of nitrogens with zero attached hydrogens (tertiary/aromatic N) is 2. The van der Waals surface area contributed by atoms with Gasteiger partial charge < -0.3 is 10.1 Å². The molecule has 1 amide bonds. The zero-order chi connectivity index (χ0) is 17.7. The van der Waals surface area contributed by atoms with Gasteiger partial charge in [0.15, 0.2) is 5.82 Å². The summed E-state index contributed by atoms with van der Waals surface area (Å²) in [7, 11) is -2.13. The van der Waals surface area contributed by atoms with Crippen LogP contribution in [0.25, 0.3) is 0 Å². The number of rotatable bonds is 7. The molecule has 0 fully saturated rings. The zero-order valence-corrected chi connectivity index (χ0v) is 14.5. The Balaban J connectivity index is 1.94. The molecule has 0 spiro atoms. The highest BCUT2D eigenvalue weighted by molar-refractivity contribution is 7.93. The standard InChI is InChI=1S/C15H20N4O4S/c1-11(2)23-13-6-4-12(5-7-13)18-24(21,22)10-15(20)16-14-8-9-19(3)17-14/h4-9,11,18H,10H2,1-3H3,(H,16,17,20). The molecule has 0 saturated heterocycles. The monoisotopic (exact) mass is 352 g/mol. The average molecular weight is 352 g/mol. The lowest BCUT2D eigenvalue weighted by Gasteiger charge is -2.11. The highest BCUT2D eigenvalue weighted by Crippen LogP contribution is 2.18. The summed E-state index contributed by atoms with van der Waals surface area (Å²) in [5.74, 6) is -0.428. The first-order valence-corrected chi connectivity index (χ1v) is 8.95. The molecule has 0 aliphatic rings. The maximum atomic E-state index is 12.0. The van der Waals surface area contributed by atoms with Gasteiger partial charge in [0.05, 0.1) is 6.10 Å². The molecule has 2 aromatic rings. The molecule has 2 N–H and O–H groups in total. The van der Waals surface area contributed by atoms with Crippen LogP contribution in [0, 0.1) is 0 Å². The molecule has 0 bridgehead atoms. The predicted octanol–water partition coefficient (Wildman–Crippen LogP) is 1.59. The van der Waals surface area contributed by atoms with Crippen molar-refractivity contribution in [1.82, 2.24) is 9.78 Å². The number of nitrogens with one attached hydrogen (secondary N) is 2. The van der Waals surface area contributed by atoms with E-state index in [1.165, 1.54) is 4.68 Å². The Hall–Kier alpha value is -2.55. The van der Waals surface area contributed by atoms with Crippen molar-refractivity contribution in [2.75, 3.05) is 15.8 Å². The fourth-order valence-electron chi connectivity index (χ4n) is 1.92. The Morgan fingerprint density at radius 2 is 1.92 bits per heavy atom. The number of aryl methyl sites for hydroxylation is 1. The number of amides is 1. The Morgan fingerprint density at radius 3 is 2.46 bits per heavy atom. The summed E-state index contributed by atoms with van der Waals surface area (Å²) >= 11 is 0. The smallest absolute Gasteiger partial charge is 0.242 e. The number of carbonyl (C=O) groups is 1. The number of anilines is 2. The van der Waals surface area contributed by atoms with Crippen molar-refractivity contribution < 1.29 is 17.9 Å². The quantitative estimate of drug-likeness (QED) is 0.788. The van der Waals surface area contributed by atoms with E-state index >= 15 is 0 Å². The Morgan fingerprint density at radius 1 is 1.25 bits per heavy atom. The van der Waals surface area contributed by atoms with Gasteiger partial charge in [0, 0.05) is 25.0 Å².